The first-order chi connectivity index (χ1) is 11.6. The van der Waals surface area contributed by atoms with Gasteiger partial charge in [0.1, 0.15) is 6.04 Å². The van der Waals surface area contributed by atoms with E-state index in [9.17, 15) is 9.59 Å². The van der Waals surface area contributed by atoms with Crippen LogP contribution in [0.25, 0.3) is 10.9 Å². The Morgan fingerprint density at radius 3 is 2.75 bits per heavy atom. The summed E-state index contributed by atoms with van der Waals surface area (Å²) in [5.74, 6) is -0.679. The number of aromatic nitrogens is 3. The summed E-state index contributed by atoms with van der Waals surface area (Å²) in [7, 11) is 0. The van der Waals surface area contributed by atoms with Gasteiger partial charge in [0.15, 0.2) is 5.69 Å². The molecule has 0 bridgehead atoms. The molecule has 2 heterocycles. The Morgan fingerprint density at radius 2 is 1.96 bits per heavy atom. The zero-order valence-electron chi connectivity index (χ0n) is 13.1. The van der Waals surface area contributed by atoms with Gasteiger partial charge in [-0.3, -0.25) is 19.7 Å². The maximum atomic E-state index is 12.3. The number of nitrogens with zero attached hydrogens (tertiary/aromatic N) is 2. The van der Waals surface area contributed by atoms with Crippen molar-refractivity contribution in [1.29, 1.82) is 0 Å². The summed E-state index contributed by atoms with van der Waals surface area (Å²) in [6.45, 7) is 1.94. The second-order valence-electron chi connectivity index (χ2n) is 5.35. The number of nitrogens with one attached hydrogen (secondary N) is 3. The van der Waals surface area contributed by atoms with Crippen LogP contribution in [0, 0.1) is 0 Å². The van der Waals surface area contributed by atoms with Gasteiger partial charge in [0.25, 0.3) is 5.91 Å². The van der Waals surface area contributed by atoms with Crippen LogP contribution in [0.1, 0.15) is 23.1 Å². The average Bonchev–Trinajstić information content (AvgIpc) is 3.04. The molecule has 0 saturated carbocycles. The van der Waals surface area contributed by atoms with E-state index < -0.39 is 11.9 Å². The number of para-hydroxylation sites is 1. The number of rotatable bonds is 5. The molecule has 7 heteroatoms. The lowest BCUT2D eigenvalue weighted by atomic mass is 10.2. The monoisotopic (exact) mass is 323 g/mol. The number of benzene rings is 1. The van der Waals surface area contributed by atoms with E-state index in [0.29, 0.717) is 6.54 Å². The molecule has 2 amide bonds. The maximum absolute atomic E-state index is 12.3. The lowest BCUT2D eigenvalue weighted by molar-refractivity contribution is -0.122. The summed E-state index contributed by atoms with van der Waals surface area (Å²) >= 11 is 0. The van der Waals surface area contributed by atoms with Crippen molar-refractivity contribution in [3.05, 3.63) is 60.0 Å². The highest BCUT2D eigenvalue weighted by Gasteiger charge is 2.19. The van der Waals surface area contributed by atoms with Crippen molar-refractivity contribution in [3.8, 4) is 0 Å². The Labute approximate surface area is 138 Å². The number of H-pyrrole nitrogens is 1. The first-order valence-electron chi connectivity index (χ1n) is 7.57. The van der Waals surface area contributed by atoms with E-state index in [1.165, 1.54) is 0 Å². The van der Waals surface area contributed by atoms with E-state index in [1.54, 1.807) is 19.2 Å². The van der Waals surface area contributed by atoms with Crippen LogP contribution in [-0.2, 0) is 11.3 Å². The van der Waals surface area contributed by atoms with Crippen LogP contribution in [0.5, 0.6) is 0 Å². The summed E-state index contributed by atoms with van der Waals surface area (Å²) in [5.41, 5.74) is 1.80. The van der Waals surface area contributed by atoms with Crippen molar-refractivity contribution >= 4 is 22.7 Å². The second-order valence-corrected chi connectivity index (χ2v) is 5.35. The van der Waals surface area contributed by atoms with Gasteiger partial charge >= 0.3 is 0 Å². The van der Waals surface area contributed by atoms with E-state index in [0.717, 1.165) is 16.6 Å². The third-order valence-corrected chi connectivity index (χ3v) is 3.60. The predicted molar refractivity (Wildman–Crippen MR) is 89.1 cm³/mol. The summed E-state index contributed by atoms with van der Waals surface area (Å²) in [6, 6.07) is 12.1. The van der Waals surface area contributed by atoms with Gasteiger partial charge in [0.05, 0.1) is 17.8 Å². The third-order valence-electron chi connectivity index (χ3n) is 3.60. The van der Waals surface area contributed by atoms with Gasteiger partial charge in [0.2, 0.25) is 5.91 Å². The van der Waals surface area contributed by atoms with Gasteiger partial charge in [-0.15, -0.1) is 0 Å². The molecule has 0 radical (unpaired) electrons. The van der Waals surface area contributed by atoms with Crippen molar-refractivity contribution in [2.75, 3.05) is 0 Å². The minimum absolute atomic E-state index is 0.273. The Kier molecular flexibility index (Phi) is 4.51. The Morgan fingerprint density at radius 1 is 1.17 bits per heavy atom. The van der Waals surface area contributed by atoms with Crippen LogP contribution in [0.15, 0.2) is 48.7 Å². The Balaban J connectivity index is 1.60. The lowest BCUT2D eigenvalue weighted by Gasteiger charge is -2.13. The molecule has 24 heavy (non-hydrogen) atoms. The average molecular weight is 323 g/mol. The van der Waals surface area contributed by atoms with Crippen LogP contribution in [0.4, 0.5) is 0 Å². The van der Waals surface area contributed by atoms with Gasteiger partial charge in [-0.1, -0.05) is 24.3 Å². The van der Waals surface area contributed by atoms with Crippen LogP contribution in [0.2, 0.25) is 0 Å². The Bertz CT molecular complexity index is 860. The fourth-order valence-corrected chi connectivity index (χ4v) is 2.30. The van der Waals surface area contributed by atoms with Crippen molar-refractivity contribution in [2.45, 2.75) is 19.5 Å². The molecule has 0 aliphatic rings. The molecule has 1 unspecified atom stereocenters. The molecule has 0 aliphatic carbocycles. The molecule has 2 aromatic heterocycles. The molecule has 0 fully saturated rings. The van der Waals surface area contributed by atoms with Gasteiger partial charge < -0.3 is 10.6 Å². The lowest BCUT2D eigenvalue weighted by Crippen LogP contribution is -2.44. The number of carbonyl (C=O) groups excluding carboxylic acids is 2. The van der Waals surface area contributed by atoms with E-state index in [1.807, 2.05) is 36.4 Å². The summed E-state index contributed by atoms with van der Waals surface area (Å²) in [6.07, 6.45) is 1.66. The fourth-order valence-electron chi connectivity index (χ4n) is 2.30. The molecule has 3 aromatic rings. The topological polar surface area (TPSA) is 99.8 Å². The first-order valence-corrected chi connectivity index (χ1v) is 7.57. The van der Waals surface area contributed by atoms with E-state index >= 15 is 0 Å². The van der Waals surface area contributed by atoms with Crippen LogP contribution in [0.3, 0.4) is 0 Å². The minimum atomic E-state index is -0.684. The fraction of sp³-hybridized carbons (Fsp3) is 0.176. The molecular formula is C17H17N5O2. The molecule has 0 saturated heterocycles. The zero-order chi connectivity index (χ0) is 16.9. The largest absolute Gasteiger partial charge is 0.349 e. The maximum Gasteiger partial charge on any atom is 0.273 e. The van der Waals surface area contributed by atoms with Gasteiger partial charge in [-0.05, 0) is 25.1 Å². The van der Waals surface area contributed by atoms with E-state index in [-0.39, 0.29) is 11.6 Å². The predicted octanol–water partition coefficient (Wildman–Crippen LogP) is 1.39. The molecular weight excluding hydrogens is 306 g/mol. The molecule has 0 aliphatic heterocycles. The molecule has 122 valence electrons. The van der Waals surface area contributed by atoms with E-state index in [4.69, 9.17) is 0 Å². The van der Waals surface area contributed by atoms with Crippen LogP contribution in [-0.4, -0.2) is 33.0 Å². The first kappa shape index (κ1) is 15.7. The third kappa shape index (κ3) is 3.40. The zero-order valence-corrected chi connectivity index (χ0v) is 13.1. The van der Waals surface area contributed by atoms with Gasteiger partial charge in [-0.25, -0.2) is 0 Å². The van der Waals surface area contributed by atoms with Crippen molar-refractivity contribution < 1.29 is 9.59 Å². The highest BCUT2D eigenvalue weighted by atomic mass is 16.2. The number of hydrogen-bond donors (Lipinski definition) is 3. The number of fused-ring (bicyclic) bond motifs is 1. The quantitative estimate of drug-likeness (QED) is 0.660. The molecule has 1 atom stereocenters. The molecule has 7 nitrogen and oxygen atoms in total. The molecule has 1 aromatic carbocycles. The second kappa shape index (κ2) is 6.91. The van der Waals surface area contributed by atoms with Crippen molar-refractivity contribution in [2.24, 2.45) is 0 Å². The normalized spacial score (nSPS) is 11.9. The number of amides is 2. The number of aromatic amines is 1. The highest BCUT2D eigenvalue weighted by molar-refractivity contribution is 6.05. The van der Waals surface area contributed by atoms with Gasteiger partial charge in [0, 0.05) is 11.6 Å². The standard InChI is InChI=1S/C17H17N5O2/c1-11(16(23)19-10-12-6-4-5-9-18-12)20-17(24)15-13-7-2-3-8-14(13)21-22-15/h2-9,11H,10H2,1H3,(H,19,23)(H,20,24)(H,21,22). The summed E-state index contributed by atoms with van der Waals surface area (Å²) in [5, 5.41) is 12.9. The summed E-state index contributed by atoms with van der Waals surface area (Å²) in [4.78, 5) is 28.6. The number of hydrogen-bond acceptors (Lipinski definition) is 4. The summed E-state index contributed by atoms with van der Waals surface area (Å²) < 4.78 is 0. The smallest absolute Gasteiger partial charge is 0.273 e. The van der Waals surface area contributed by atoms with Crippen molar-refractivity contribution in [1.82, 2.24) is 25.8 Å². The SMILES string of the molecule is CC(NC(=O)c1n[nH]c2ccccc12)C(=O)NCc1ccccn1. The number of carbonyl (C=O) groups is 2. The number of pyridine rings is 1. The molecule has 0 spiro atoms. The minimum Gasteiger partial charge on any atom is -0.349 e. The van der Waals surface area contributed by atoms with Crippen molar-refractivity contribution in [3.63, 3.8) is 0 Å². The Hall–Kier alpha value is -3.22. The molecule has 3 rings (SSSR count). The molecule has 3 N–H and O–H groups in total. The van der Waals surface area contributed by atoms with Crippen LogP contribution < -0.4 is 10.6 Å². The van der Waals surface area contributed by atoms with Gasteiger partial charge in [-0.2, -0.15) is 5.10 Å². The van der Waals surface area contributed by atoms with Crippen LogP contribution >= 0.6 is 0 Å². The highest BCUT2D eigenvalue weighted by Crippen LogP contribution is 2.14. The van der Waals surface area contributed by atoms with E-state index in [2.05, 4.69) is 25.8 Å².